The summed E-state index contributed by atoms with van der Waals surface area (Å²) in [5, 5.41) is 3.12. The van der Waals surface area contributed by atoms with Crippen molar-refractivity contribution in [2.75, 3.05) is 5.32 Å². The molecule has 2 aromatic carbocycles. The van der Waals surface area contributed by atoms with Crippen LogP contribution in [0.3, 0.4) is 0 Å². The molecule has 7 heteroatoms. The molecule has 4 N–H and O–H groups in total. The standard InChI is InChI=1S/C17H12N4O3/c22-15-10-3-1-2-4-12(10)18-8-11(15)16(23)19-9-5-6-13-14(7-9)21-17(24)20-13/h1-8H,(H,18,22)(H,19,23)(H2,20,21,24). The van der Waals surface area contributed by atoms with Crippen molar-refractivity contribution in [3.05, 3.63) is 74.9 Å². The fraction of sp³-hybridized carbons (Fsp3) is 0. The predicted octanol–water partition coefficient (Wildman–Crippen LogP) is 1.95. The summed E-state index contributed by atoms with van der Waals surface area (Å²) in [7, 11) is 0. The molecule has 0 saturated carbocycles. The molecule has 0 saturated heterocycles. The van der Waals surface area contributed by atoms with E-state index in [0.717, 1.165) is 0 Å². The second-order valence-electron chi connectivity index (χ2n) is 5.37. The van der Waals surface area contributed by atoms with Crippen LogP contribution in [0.15, 0.2) is 58.3 Å². The van der Waals surface area contributed by atoms with E-state index < -0.39 is 5.91 Å². The number of amides is 1. The number of fused-ring (bicyclic) bond motifs is 2. The summed E-state index contributed by atoms with van der Waals surface area (Å²) >= 11 is 0. The molecular formula is C17H12N4O3. The molecule has 2 heterocycles. The number of pyridine rings is 1. The monoisotopic (exact) mass is 320 g/mol. The molecule has 7 nitrogen and oxygen atoms in total. The molecule has 0 fully saturated rings. The van der Waals surface area contributed by atoms with Gasteiger partial charge in [-0.3, -0.25) is 9.59 Å². The number of hydrogen-bond donors (Lipinski definition) is 4. The summed E-state index contributed by atoms with van der Waals surface area (Å²) in [5.41, 5.74) is 1.74. The average molecular weight is 320 g/mol. The quantitative estimate of drug-likeness (QED) is 0.453. The number of hydrogen-bond acceptors (Lipinski definition) is 3. The van der Waals surface area contributed by atoms with Gasteiger partial charge >= 0.3 is 5.69 Å². The predicted molar refractivity (Wildman–Crippen MR) is 91.4 cm³/mol. The Morgan fingerprint density at radius 1 is 0.917 bits per heavy atom. The SMILES string of the molecule is O=C(Nc1ccc2[nH]c(=O)[nH]c2c1)c1c[nH]c2ccccc2c1=O. The largest absolute Gasteiger partial charge is 0.360 e. The van der Waals surface area contributed by atoms with Crippen LogP contribution in [0.25, 0.3) is 21.9 Å². The molecule has 0 aliphatic rings. The summed E-state index contributed by atoms with van der Waals surface area (Å²) in [6, 6.07) is 11.9. The van der Waals surface area contributed by atoms with Crippen LogP contribution in [-0.4, -0.2) is 20.9 Å². The first-order valence-electron chi connectivity index (χ1n) is 7.26. The van der Waals surface area contributed by atoms with Gasteiger partial charge in [-0.25, -0.2) is 4.79 Å². The van der Waals surface area contributed by atoms with E-state index in [1.807, 2.05) is 6.07 Å². The molecule has 0 unspecified atom stereocenters. The molecular weight excluding hydrogens is 308 g/mol. The normalized spacial score (nSPS) is 11.0. The Hall–Kier alpha value is -3.61. The summed E-state index contributed by atoms with van der Waals surface area (Å²) in [4.78, 5) is 44.3. The summed E-state index contributed by atoms with van der Waals surface area (Å²) in [6.45, 7) is 0. The van der Waals surface area contributed by atoms with Crippen LogP contribution >= 0.6 is 0 Å². The van der Waals surface area contributed by atoms with Crippen LogP contribution in [0, 0.1) is 0 Å². The number of H-pyrrole nitrogens is 3. The minimum atomic E-state index is -0.515. The number of nitrogens with one attached hydrogen (secondary N) is 4. The van der Waals surface area contributed by atoms with Gasteiger partial charge in [-0.1, -0.05) is 12.1 Å². The lowest BCUT2D eigenvalue weighted by Crippen LogP contribution is -2.21. The summed E-state index contributed by atoms with van der Waals surface area (Å²) in [5.74, 6) is -0.515. The molecule has 0 bridgehead atoms. The Morgan fingerprint density at radius 3 is 2.58 bits per heavy atom. The highest BCUT2D eigenvalue weighted by atomic mass is 16.2. The number of carbonyl (C=O) groups is 1. The van der Waals surface area contributed by atoms with Gasteiger partial charge in [-0.05, 0) is 30.3 Å². The van der Waals surface area contributed by atoms with Crippen molar-refractivity contribution in [3.63, 3.8) is 0 Å². The van der Waals surface area contributed by atoms with Crippen molar-refractivity contribution < 1.29 is 4.79 Å². The van der Waals surface area contributed by atoms with E-state index in [-0.39, 0.29) is 16.7 Å². The summed E-state index contributed by atoms with van der Waals surface area (Å²) < 4.78 is 0. The molecule has 0 spiro atoms. The lowest BCUT2D eigenvalue weighted by atomic mass is 10.1. The Kier molecular flexibility index (Phi) is 3.06. The van der Waals surface area contributed by atoms with E-state index in [2.05, 4.69) is 20.3 Å². The zero-order valence-electron chi connectivity index (χ0n) is 12.3. The van der Waals surface area contributed by atoms with Crippen molar-refractivity contribution >= 4 is 33.5 Å². The van der Waals surface area contributed by atoms with Crippen molar-refractivity contribution in [2.24, 2.45) is 0 Å². The van der Waals surface area contributed by atoms with Crippen molar-refractivity contribution in [1.29, 1.82) is 0 Å². The zero-order chi connectivity index (χ0) is 16.7. The van der Waals surface area contributed by atoms with E-state index in [1.54, 1.807) is 36.4 Å². The minimum Gasteiger partial charge on any atom is -0.360 e. The molecule has 0 radical (unpaired) electrons. The molecule has 2 aromatic heterocycles. The highest BCUT2D eigenvalue weighted by Crippen LogP contribution is 2.15. The van der Waals surface area contributed by atoms with Crippen LogP contribution in [0.4, 0.5) is 5.69 Å². The van der Waals surface area contributed by atoms with E-state index in [1.165, 1.54) is 6.20 Å². The minimum absolute atomic E-state index is 0.0244. The van der Waals surface area contributed by atoms with E-state index in [4.69, 9.17) is 0 Å². The van der Waals surface area contributed by atoms with Crippen molar-refractivity contribution in [2.45, 2.75) is 0 Å². The maximum Gasteiger partial charge on any atom is 0.323 e. The number of benzene rings is 2. The van der Waals surface area contributed by atoms with Crippen LogP contribution < -0.4 is 16.4 Å². The first-order chi connectivity index (χ1) is 11.6. The second kappa shape index (κ2) is 5.24. The molecule has 0 aliphatic carbocycles. The average Bonchev–Trinajstić information content (AvgIpc) is 2.94. The highest BCUT2D eigenvalue weighted by Gasteiger charge is 2.13. The third kappa shape index (κ3) is 2.28. The molecule has 4 rings (SSSR count). The van der Waals surface area contributed by atoms with Crippen LogP contribution in [0.5, 0.6) is 0 Å². The number of para-hydroxylation sites is 1. The van der Waals surface area contributed by atoms with Crippen molar-refractivity contribution in [3.8, 4) is 0 Å². The number of rotatable bonds is 2. The van der Waals surface area contributed by atoms with Crippen LogP contribution in [-0.2, 0) is 0 Å². The molecule has 0 aliphatic heterocycles. The van der Waals surface area contributed by atoms with Gasteiger partial charge in [-0.2, -0.15) is 0 Å². The first-order valence-corrected chi connectivity index (χ1v) is 7.26. The Balaban J connectivity index is 1.71. The third-order valence-electron chi connectivity index (χ3n) is 3.81. The van der Waals surface area contributed by atoms with Gasteiger partial charge in [0.05, 0.1) is 11.0 Å². The first kappa shape index (κ1) is 14.0. The van der Waals surface area contributed by atoms with Gasteiger partial charge in [0.1, 0.15) is 5.56 Å². The van der Waals surface area contributed by atoms with Gasteiger partial charge in [0.15, 0.2) is 0 Å². The number of anilines is 1. The van der Waals surface area contributed by atoms with Gasteiger partial charge in [0.25, 0.3) is 5.91 Å². The van der Waals surface area contributed by atoms with Crippen LogP contribution in [0.1, 0.15) is 10.4 Å². The lowest BCUT2D eigenvalue weighted by Gasteiger charge is -2.06. The van der Waals surface area contributed by atoms with Gasteiger partial charge in [-0.15, -0.1) is 0 Å². The van der Waals surface area contributed by atoms with Crippen LogP contribution in [0.2, 0.25) is 0 Å². The Morgan fingerprint density at radius 2 is 1.71 bits per heavy atom. The maximum absolute atomic E-state index is 12.4. The third-order valence-corrected chi connectivity index (χ3v) is 3.81. The Bertz CT molecular complexity index is 1200. The topological polar surface area (TPSA) is 111 Å². The van der Waals surface area contributed by atoms with Gasteiger partial charge < -0.3 is 20.3 Å². The second-order valence-corrected chi connectivity index (χ2v) is 5.37. The number of aromatic amines is 3. The molecule has 1 amide bonds. The van der Waals surface area contributed by atoms with Gasteiger partial charge in [0.2, 0.25) is 5.43 Å². The van der Waals surface area contributed by atoms with E-state index >= 15 is 0 Å². The lowest BCUT2D eigenvalue weighted by molar-refractivity contribution is 0.102. The van der Waals surface area contributed by atoms with E-state index in [0.29, 0.717) is 27.6 Å². The Labute approximate surface area is 134 Å². The molecule has 118 valence electrons. The number of aromatic nitrogens is 3. The van der Waals surface area contributed by atoms with Gasteiger partial charge in [0, 0.05) is 22.8 Å². The fourth-order valence-electron chi connectivity index (χ4n) is 2.64. The van der Waals surface area contributed by atoms with E-state index in [9.17, 15) is 14.4 Å². The number of imidazole rings is 1. The van der Waals surface area contributed by atoms with Crippen molar-refractivity contribution in [1.82, 2.24) is 15.0 Å². The fourth-order valence-corrected chi connectivity index (χ4v) is 2.64. The molecule has 24 heavy (non-hydrogen) atoms. The molecule has 0 atom stereocenters. The highest BCUT2D eigenvalue weighted by molar-refractivity contribution is 6.06. The smallest absolute Gasteiger partial charge is 0.323 e. The molecule has 4 aromatic rings. The summed E-state index contributed by atoms with van der Waals surface area (Å²) in [6.07, 6.45) is 1.40. The zero-order valence-corrected chi connectivity index (χ0v) is 12.3. The maximum atomic E-state index is 12.4. The number of carbonyl (C=O) groups excluding carboxylic acids is 1.